The van der Waals surface area contributed by atoms with Crippen LogP contribution in [0.5, 0.6) is 0 Å². The first-order chi connectivity index (χ1) is 41.3. The summed E-state index contributed by atoms with van der Waals surface area (Å²) in [6.07, 6.45) is -49.6. The summed E-state index contributed by atoms with van der Waals surface area (Å²) >= 11 is 0. The Morgan fingerprint density at radius 3 is 1.84 bits per heavy atom. The van der Waals surface area contributed by atoms with E-state index in [1.807, 2.05) is 0 Å². The van der Waals surface area contributed by atoms with Crippen LogP contribution in [0, 0.1) is 0 Å². The van der Waals surface area contributed by atoms with E-state index in [2.05, 4.69) is 16.1 Å². The van der Waals surface area contributed by atoms with Gasteiger partial charge in [-0.2, -0.15) is 5.48 Å². The number of rotatable bonds is 28. The molecule has 500 valence electrons. The second-order valence-corrected chi connectivity index (χ2v) is 22.3. The maximum Gasteiger partial charge on any atom is 0.474 e. The predicted molar refractivity (Wildman–Crippen MR) is 277 cm³/mol. The van der Waals surface area contributed by atoms with E-state index in [-0.39, 0.29) is 19.8 Å². The molecule has 27 atom stereocenters. The highest BCUT2D eigenvalue weighted by molar-refractivity contribution is 7.47. The number of amides is 5. The van der Waals surface area contributed by atoms with E-state index in [0.29, 0.717) is 0 Å². The van der Waals surface area contributed by atoms with E-state index in [1.165, 1.54) is 6.92 Å². The smallest absolute Gasteiger partial charge is 0.474 e. The van der Waals surface area contributed by atoms with Gasteiger partial charge in [0, 0.05) is 20.4 Å². The van der Waals surface area contributed by atoms with Crippen LogP contribution in [0.4, 0.5) is 4.79 Å². The van der Waals surface area contributed by atoms with Crippen LogP contribution in [0.3, 0.4) is 0 Å². The van der Waals surface area contributed by atoms with Gasteiger partial charge in [-0.05, 0) is 19.4 Å². The van der Waals surface area contributed by atoms with Crippen LogP contribution in [0.15, 0.2) is 30.3 Å². The molecule has 5 amide bonds. The second kappa shape index (κ2) is 31.4. The van der Waals surface area contributed by atoms with Crippen LogP contribution in [-0.2, 0) is 101 Å². The molecule has 0 radical (unpaired) electrons. The summed E-state index contributed by atoms with van der Waals surface area (Å²) in [7, 11) is -5.81. The average molecular weight is 1300 g/mol. The van der Waals surface area contributed by atoms with Crippen LogP contribution in [0.1, 0.15) is 33.3 Å². The van der Waals surface area contributed by atoms with Gasteiger partial charge in [0.1, 0.15) is 90.9 Å². The van der Waals surface area contributed by atoms with Gasteiger partial charge in [0.15, 0.2) is 62.0 Å². The molecule has 1 unspecified atom stereocenters. The number of aliphatic hydroxyl groups is 10. The molecule has 5 aliphatic heterocycles. The molecule has 1 aromatic carbocycles. The molecule has 0 aromatic heterocycles. The van der Waals surface area contributed by atoms with Gasteiger partial charge in [0.25, 0.3) is 0 Å². The van der Waals surface area contributed by atoms with Gasteiger partial charge < -0.3 is 141 Å². The average Bonchev–Trinajstić information content (AvgIpc) is 0.822. The third-order valence-corrected chi connectivity index (χ3v) is 15.2. The van der Waals surface area contributed by atoms with Crippen molar-refractivity contribution in [1.82, 2.24) is 16.1 Å². The summed E-state index contributed by atoms with van der Waals surface area (Å²) in [6.45, 7) is 0.239. The summed E-state index contributed by atoms with van der Waals surface area (Å²) in [5, 5.41) is 124. The largest absolute Gasteiger partial charge is 0.479 e. The van der Waals surface area contributed by atoms with Crippen molar-refractivity contribution in [3.05, 3.63) is 35.9 Å². The molecule has 0 bridgehead atoms. The molecule has 5 fully saturated rings. The second-order valence-electron chi connectivity index (χ2n) is 20.9. The molecular formula is C48H75N6O33P. The lowest BCUT2D eigenvalue weighted by Crippen LogP contribution is -2.72. The number of hydroxylamine groups is 1. The van der Waals surface area contributed by atoms with E-state index in [0.717, 1.165) is 26.3 Å². The lowest BCUT2D eigenvalue weighted by Gasteiger charge is -2.52. The van der Waals surface area contributed by atoms with Crippen LogP contribution < -0.4 is 33.3 Å². The van der Waals surface area contributed by atoms with Gasteiger partial charge in [-0.1, -0.05) is 30.3 Å². The molecule has 0 aliphatic carbocycles. The van der Waals surface area contributed by atoms with Crippen LogP contribution in [-0.4, -0.2) is 289 Å². The molecule has 0 saturated carbocycles. The van der Waals surface area contributed by atoms with Crippen molar-refractivity contribution in [2.24, 2.45) is 17.2 Å². The van der Waals surface area contributed by atoms with Gasteiger partial charge in [0.05, 0.1) is 39.1 Å². The summed E-state index contributed by atoms with van der Waals surface area (Å²) in [6, 6.07) is 4.97. The molecule has 1 aromatic rings. The first kappa shape index (κ1) is 72.1. The fourth-order valence-corrected chi connectivity index (χ4v) is 10.7. The Labute approximate surface area is 498 Å². The number of hydrogen-bond donors (Lipinski definition) is 18. The Balaban J connectivity index is 1.32. The summed E-state index contributed by atoms with van der Waals surface area (Å²) in [4.78, 5) is 92.1. The SMILES string of the molecule is CC(=O)N[C@H]1[C@H](O[C@H]2[C@H](O)[C@@H](NC(C)=O)[C@H](O[C@H]3[C@@H](OP(=O)(O)OC[C@@H](OCCNOCc4ccccc4)C(=O)O)O[C@H](C(N)=O)[C@@](C)(O)[C@@H]3OC(N)=O)O[C@@H]2CO[C@@H]2O[C@H](CO)[C@@H](O)[C@H](O)[C@H]2O)O[C@H](C)[C@@H](O[C@@H]2O[C@H](C(N)=O)[C@H](O)[C@H](O)[C@H]2O)[C@@H]1O. The van der Waals surface area contributed by atoms with E-state index in [4.69, 9.17) is 83.2 Å². The van der Waals surface area contributed by atoms with E-state index in [9.17, 15) is 94.4 Å². The molecule has 0 spiro atoms. The van der Waals surface area contributed by atoms with Crippen LogP contribution >= 0.6 is 7.82 Å². The number of carbonyl (C=O) groups excluding carboxylic acids is 5. The highest BCUT2D eigenvalue weighted by Gasteiger charge is 2.62. The van der Waals surface area contributed by atoms with Gasteiger partial charge in [-0.3, -0.25) is 33.1 Å². The van der Waals surface area contributed by atoms with Gasteiger partial charge in [-0.15, -0.1) is 0 Å². The molecule has 21 N–H and O–H groups in total. The monoisotopic (exact) mass is 1290 g/mol. The van der Waals surface area contributed by atoms with Crippen molar-refractivity contribution in [2.45, 2.75) is 193 Å². The predicted octanol–water partition coefficient (Wildman–Crippen LogP) is -9.80. The lowest BCUT2D eigenvalue weighted by atomic mass is 9.85. The molecule has 88 heavy (non-hydrogen) atoms. The number of carboxylic acid groups (broad SMARTS) is 1. The van der Waals surface area contributed by atoms with Gasteiger partial charge in [-0.25, -0.2) is 14.2 Å². The number of carboxylic acids is 1. The standard InChI is InChI=1S/C48H75N6O33P/c1-16-33(81-45-32(65)29(62)30(63)35(83-45)39(49)66)26(59)23(53-17(2)56)42(78-16)82-34-21(14-75-44-31(64)28(61)25(58)20(12-55)79-44)80-43(24(27(34)60)54-18(3)57)84-36-37(86-47(51)70)48(4,71)38(40(50)67)85-46(36)87-88(72,73)77-15-22(41(68)69)74-11-10-52-76-13-19-8-6-5-7-9-19/h5-9,16,20-38,42-46,52,55,58-65,71H,10-15H2,1-4H3,(H2,49,66)(H2,50,67)(H2,51,70)(H,53,56)(H,54,57)(H,68,69)(H,72,73)/t16-,20-,21-,22-,23-,24-,25-,26-,27-,28+,29+,30-,31-,32-,33-,34-,35+,36-,37-,38-,42+,43+,44-,45-,46-,48+/m1/s1. The topological polar surface area (TPSA) is 606 Å². The molecule has 5 saturated heterocycles. The van der Waals surface area contributed by atoms with Crippen molar-refractivity contribution < 1.29 is 160 Å². The van der Waals surface area contributed by atoms with Crippen molar-refractivity contribution >= 4 is 43.5 Å². The molecule has 39 nitrogen and oxygen atoms in total. The lowest BCUT2D eigenvalue weighted by molar-refractivity contribution is -0.375. The Morgan fingerprint density at radius 2 is 1.26 bits per heavy atom. The normalized spacial score (nSPS) is 39.7. The maximum atomic E-state index is 13.8. The Hall–Kier alpha value is -4.93. The zero-order valence-corrected chi connectivity index (χ0v) is 48.1. The number of phosphoric ester groups is 1. The number of hydrogen-bond acceptors (Lipinski definition) is 32. The first-order valence-electron chi connectivity index (χ1n) is 26.9. The minimum Gasteiger partial charge on any atom is -0.479 e. The van der Waals surface area contributed by atoms with Crippen molar-refractivity contribution in [3.63, 3.8) is 0 Å². The number of aliphatic carboxylic acids is 1. The number of nitrogens with one attached hydrogen (secondary N) is 3. The molecular weight excluding hydrogens is 1220 g/mol. The Bertz CT molecular complexity index is 2550. The third-order valence-electron chi connectivity index (χ3n) is 14.3. The summed E-state index contributed by atoms with van der Waals surface area (Å²) in [5.41, 5.74) is 16.7. The molecule has 5 aliphatic rings. The number of ether oxygens (including phenoxy) is 11. The molecule has 40 heteroatoms. The fraction of sp³-hybridized carbons (Fsp3) is 0.750. The van der Waals surface area contributed by atoms with Crippen LogP contribution in [0.25, 0.3) is 0 Å². The first-order valence-corrected chi connectivity index (χ1v) is 28.4. The quantitative estimate of drug-likeness (QED) is 0.0210. The maximum absolute atomic E-state index is 13.8. The highest BCUT2D eigenvalue weighted by Crippen LogP contribution is 2.49. The van der Waals surface area contributed by atoms with Crippen molar-refractivity contribution in [1.29, 1.82) is 0 Å². The Kier molecular flexibility index (Phi) is 25.7. The Morgan fingerprint density at radius 1 is 0.693 bits per heavy atom. The van der Waals surface area contributed by atoms with E-state index < -0.39 is 222 Å². The zero-order chi connectivity index (χ0) is 65.3. The van der Waals surface area contributed by atoms with Gasteiger partial charge in [0.2, 0.25) is 23.6 Å². The number of primary amides is 3. The minimum absolute atomic E-state index is 0.109. The number of phosphoric acid groups is 1. The van der Waals surface area contributed by atoms with E-state index >= 15 is 0 Å². The number of carbonyl (C=O) groups is 6. The number of nitrogens with two attached hydrogens (primary N) is 3. The van der Waals surface area contributed by atoms with Crippen molar-refractivity contribution in [2.75, 3.05) is 33.0 Å². The number of benzene rings is 1. The molecule has 5 heterocycles. The number of aliphatic hydroxyl groups excluding tert-OH is 9. The minimum atomic E-state index is -5.81. The van der Waals surface area contributed by atoms with Crippen LogP contribution in [0.2, 0.25) is 0 Å². The fourth-order valence-electron chi connectivity index (χ4n) is 9.89. The van der Waals surface area contributed by atoms with E-state index in [1.54, 1.807) is 30.3 Å². The highest BCUT2D eigenvalue weighted by atomic mass is 31.2. The summed E-state index contributed by atoms with van der Waals surface area (Å²) < 4.78 is 87.2. The molecule has 6 rings (SSSR count). The van der Waals surface area contributed by atoms with Crippen molar-refractivity contribution in [3.8, 4) is 0 Å². The third kappa shape index (κ3) is 18.0. The zero-order valence-electron chi connectivity index (χ0n) is 47.2. The summed E-state index contributed by atoms with van der Waals surface area (Å²) in [5.74, 6) is -6.46. The van der Waals surface area contributed by atoms with Gasteiger partial charge >= 0.3 is 19.9 Å².